The molecule has 8 nitrogen and oxygen atoms in total. The summed E-state index contributed by atoms with van der Waals surface area (Å²) in [6.07, 6.45) is 1.96. The number of carbonyl (C=O) groups excluding carboxylic acids is 1. The Labute approximate surface area is 163 Å². The van der Waals surface area contributed by atoms with Crippen LogP contribution in [0.15, 0.2) is 32.7 Å². The first-order valence-electron chi connectivity index (χ1n) is 9.32. The van der Waals surface area contributed by atoms with E-state index in [0.717, 1.165) is 17.4 Å². The quantitative estimate of drug-likeness (QED) is 0.694. The third-order valence-electron chi connectivity index (χ3n) is 5.42. The molecule has 1 aromatic heterocycles. The number of rotatable bonds is 4. The summed E-state index contributed by atoms with van der Waals surface area (Å²) >= 11 is 0. The monoisotopic (exact) mass is 407 g/mol. The van der Waals surface area contributed by atoms with Gasteiger partial charge in [-0.15, -0.1) is 0 Å². The van der Waals surface area contributed by atoms with Crippen molar-refractivity contribution in [3.63, 3.8) is 0 Å². The lowest BCUT2D eigenvalue weighted by atomic mass is 10.0. The van der Waals surface area contributed by atoms with Crippen molar-refractivity contribution in [1.82, 2.24) is 14.0 Å². The molecule has 1 aliphatic heterocycles. The van der Waals surface area contributed by atoms with Crippen molar-refractivity contribution in [2.45, 2.75) is 31.1 Å². The van der Waals surface area contributed by atoms with Crippen molar-refractivity contribution in [3.8, 4) is 0 Å². The number of aryl methyl sites for hydroxylation is 2. The summed E-state index contributed by atoms with van der Waals surface area (Å²) in [5.74, 6) is -0.00416. The Kier molecular flexibility index (Phi) is 5.47. The van der Waals surface area contributed by atoms with Gasteiger partial charge in [-0.05, 0) is 37.0 Å². The fourth-order valence-corrected chi connectivity index (χ4v) is 4.91. The average Bonchev–Trinajstić information content (AvgIpc) is 2.68. The molecular formula is C19H25N3O5S. The van der Waals surface area contributed by atoms with Gasteiger partial charge in [0.05, 0.1) is 21.7 Å². The number of fused-ring (bicyclic) bond motifs is 1. The molecule has 9 heteroatoms. The highest BCUT2D eigenvalue weighted by molar-refractivity contribution is 7.91. The van der Waals surface area contributed by atoms with E-state index in [4.69, 9.17) is 0 Å². The van der Waals surface area contributed by atoms with Crippen LogP contribution in [-0.2, 0) is 28.7 Å². The topological polar surface area (TPSA) is 98.5 Å². The minimum absolute atomic E-state index is 0.0356. The van der Waals surface area contributed by atoms with E-state index in [1.165, 1.54) is 36.9 Å². The van der Waals surface area contributed by atoms with E-state index in [1.54, 1.807) is 4.90 Å². The molecule has 2 aromatic rings. The van der Waals surface area contributed by atoms with Gasteiger partial charge in [0.15, 0.2) is 9.84 Å². The number of carbonyl (C=O) groups is 1. The van der Waals surface area contributed by atoms with E-state index in [9.17, 15) is 22.8 Å². The van der Waals surface area contributed by atoms with Crippen molar-refractivity contribution < 1.29 is 13.2 Å². The molecule has 3 rings (SSSR count). The van der Waals surface area contributed by atoms with Gasteiger partial charge < -0.3 is 14.0 Å². The highest BCUT2D eigenvalue weighted by Gasteiger charge is 2.24. The van der Waals surface area contributed by atoms with Crippen LogP contribution in [0.5, 0.6) is 0 Å². The predicted octanol–water partition coefficient (Wildman–Crippen LogP) is 0.660. The van der Waals surface area contributed by atoms with Crippen LogP contribution in [0.25, 0.3) is 11.0 Å². The van der Waals surface area contributed by atoms with Gasteiger partial charge >= 0.3 is 11.1 Å². The minimum Gasteiger partial charge on any atom is -0.342 e. The summed E-state index contributed by atoms with van der Waals surface area (Å²) in [7, 11) is -0.797. The normalized spacial score (nSPS) is 17.8. The fraction of sp³-hybridized carbons (Fsp3) is 0.526. The second-order valence-electron chi connectivity index (χ2n) is 7.53. The number of benzene rings is 1. The van der Waals surface area contributed by atoms with E-state index in [2.05, 4.69) is 6.92 Å². The van der Waals surface area contributed by atoms with E-state index >= 15 is 0 Å². The molecule has 0 radical (unpaired) electrons. The van der Waals surface area contributed by atoms with Gasteiger partial charge in [-0.3, -0.25) is 14.4 Å². The average molecular weight is 407 g/mol. The molecule has 2 heterocycles. The van der Waals surface area contributed by atoms with Crippen LogP contribution in [0.3, 0.4) is 0 Å². The zero-order valence-corrected chi connectivity index (χ0v) is 17.2. The largest absolute Gasteiger partial charge is 0.342 e. The number of nitrogens with zero attached hydrogens (tertiary/aromatic N) is 3. The second-order valence-corrected chi connectivity index (χ2v) is 9.64. The zero-order valence-electron chi connectivity index (χ0n) is 16.3. The number of likely N-dealkylation sites (tertiary alicyclic amines) is 1. The second kappa shape index (κ2) is 7.54. The first-order valence-corrected chi connectivity index (χ1v) is 11.0. The SMILES string of the molecule is C[C@H]1CCCN(C(=O)CCS(=O)(=O)c2ccc3c(c2)n(C)c(=O)c(=O)n3C)C1. The number of hydrogen-bond donors (Lipinski definition) is 0. The number of hydrogen-bond acceptors (Lipinski definition) is 5. The highest BCUT2D eigenvalue weighted by Crippen LogP contribution is 2.20. The maximum absolute atomic E-state index is 12.7. The maximum atomic E-state index is 12.7. The molecule has 0 unspecified atom stereocenters. The van der Waals surface area contributed by atoms with Gasteiger partial charge in [-0.25, -0.2) is 8.42 Å². The van der Waals surface area contributed by atoms with Gasteiger partial charge in [0.1, 0.15) is 0 Å². The summed E-state index contributed by atoms with van der Waals surface area (Å²) in [6, 6.07) is 4.31. The maximum Gasteiger partial charge on any atom is 0.316 e. The molecule has 28 heavy (non-hydrogen) atoms. The Balaban J connectivity index is 1.86. The van der Waals surface area contributed by atoms with Crippen molar-refractivity contribution in [1.29, 1.82) is 0 Å². The molecule has 0 spiro atoms. The number of amides is 1. The third-order valence-corrected chi connectivity index (χ3v) is 7.13. The van der Waals surface area contributed by atoms with Crippen molar-refractivity contribution in [2.75, 3.05) is 18.8 Å². The smallest absolute Gasteiger partial charge is 0.316 e. The lowest BCUT2D eigenvalue weighted by Gasteiger charge is -2.31. The highest BCUT2D eigenvalue weighted by atomic mass is 32.2. The summed E-state index contributed by atoms with van der Waals surface area (Å²) in [5.41, 5.74) is -0.584. The van der Waals surface area contributed by atoms with E-state index in [-0.39, 0.29) is 23.0 Å². The Morgan fingerprint density at radius 1 is 1.11 bits per heavy atom. The van der Waals surface area contributed by atoms with E-state index < -0.39 is 21.0 Å². The number of piperidine rings is 1. The van der Waals surface area contributed by atoms with Gasteiger partial charge in [-0.2, -0.15) is 0 Å². The summed E-state index contributed by atoms with van der Waals surface area (Å²) < 4.78 is 27.9. The van der Waals surface area contributed by atoms with E-state index in [1.807, 2.05) is 0 Å². The Bertz CT molecular complexity index is 1150. The molecule has 0 N–H and O–H groups in total. The molecule has 152 valence electrons. The molecule has 1 atom stereocenters. The van der Waals surface area contributed by atoms with Crippen LogP contribution in [0, 0.1) is 5.92 Å². The van der Waals surface area contributed by atoms with Gasteiger partial charge in [0.25, 0.3) is 0 Å². The van der Waals surface area contributed by atoms with Crippen LogP contribution in [-0.4, -0.2) is 47.2 Å². The molecule has 1 amide bonds. The zero-order chi connectivity index (χ0) is 20.6. The molecule has 1 aromatic carbocycles. The third kappa shape index (κ3) is 3.76. The molecule has 0 saturated carbocycles. The fourth-order valence-electron chi connectivity index (χ4n) is 3.67. The van der Waals surface area contributed by atoms with Crippen molar-refractivity contribution >= 4 is 26.8 Å². The van der Waals surface area contributed by atoms with Crippen LogP contribution >= 0.6 is 0 Å². The Morgan fingerprint density at radius 3 is 2.39 bits per heavy atom. The lowest BCUT2D eigenvalue weighted by Crippen LogP contribution is -2.39. The van der Waals surface area contributed by atoms with Crippen molar-refractivity contribution in [3.05, 3.63) is 38.9 Å². The summed E-state index contributed by atoms with van der Waals surface area (Å²) in [4.78, 5) is 38.1. The first kappa shape index (κ1) is 20.3. The van der Waals surface area contributed by atoms with Crippen LogP contribution < -0.4 is 11.1 Å². The van der Waals surface area contributed by atoms with Gasteiger partial charge in [0, 0.05) is 33.6 Å². The van der Waals surface area contributed by atoms with Crippen molar-refractivity contribution in [2.24, 2.45) is 20.0 Å². The first-order chi connectivity index (χ1) is 13.1. The number of aromatic nitrogens is 2. The predicted molar refractivity (Wildman–Crippen MR) is 106 cm³/mol. The van der Waals surface area contributed by atoms with Gasteiger partial charge in [-0.1, -0.05) is 6.92 Å². The van der Waals surface area contributed by atoms with Gasteiger partial charge in [0.2, 0.25) is 5.91 Å². The lowest BCUT2D eigenvalue weighted by molar-refractivity contribution is -0.132. The molecule has 0 aliphatic carbocycles. The molecule has 1 fully saturated rings. The Morgan fingerprint density at radius 2 is 1.75 bits per heavy atom. The standard InChI is InChI=1S/C19H25N3O5S/c1-13-5-4-9-22(12-13)17(23)8-10-28(26,27)14-6-7-15-16(11-14)21(3)19(25)18(24)20(15)2/h6-7,11,13H,4-5,8-10,12H2,1-3H3/t13-/m0/s1. The molecule has 1 saturated heterocycles. The van der Waals surface area contributed by atoms with Crippen LogP contribution in [0.4, 0.5) is 0 Å². The Hall–Kier alpha value is -2.42. The van der Waals surface area contributed by atoms with E-state index in [0.29, 0.717) is 30.0 Å². The molecule has 0 bridgehead atoms. The summed E-state index contributed by atoms with van der Waals surface area (Å²) in [6.45, 7) is 3.43. The molecule has 1 aliphatic rings. The van der Waals surface area contributed by atoms with Crippen LogP contribution in [0.2, 0.25) is 0 Å². The number of sulfone groups is 1. The summed E-state index contributed by atoms with van der Waals surface area (Å²) in [5, 5.41) is 0. The molecular weight excluding hydrogens is 382 g/mol. The van der Waals surface area contributed by atoms with Crippen LogP contribution in [0.1, 0.15) is 26.2 Å². The minimum atomic E-state index is -3.70.